The molecular weight excluding hydrogens is 376 g/mol. The second-order valence-electron chi connectivity index (χ2n) is 7.61. The van der Waals surface area contributed by atoms with Crippen molar-refractivity contribution in [1.29, 1.82) is 0 Å². The van der Waals surface area contributed by atoms with Gasteiger partial charge in [0.15, 0.2) is 11.5 Å². The van der Waals surface area contributed by atoms with Crippen LogP contribution in [0.4, 0.5) is 0 Å². The summed E-state index contributed by atoms with van der Waals surface area (Å²) in [7, 11) is 1.66. The molecule has 30 heavy (non-hydrogen) atoms. The van der Waals surface area contributed by atoms with Crippen molar-refractivity contribution in [2.45, 2.75) is 46.1 Å². The van der Waals surface area contributed by atoms with Crippen LogP contribution in [0, 0.1) is 13.8 Å². The van der Waals surface area contributed by atoms with Gasteiger partial charge in [0.1, 0.15) is 5.82 Å². The molecule has 0 fully saturated rings. The van der Waals surface area contributed by atoms with E-state index in [1.807, 2.05) is 24.3 Å². The van der Waals surface area contributed by atoms with Gasteiger partial charge in [-0.3, -0.25) is 0 Å². The monoisotopic (exact) mass is 408 g/mol. The Morgan fingerprint density at radius 2 is 1.90 bits per heavy atom. The van der Waals surface area contributed by atoms with Crippen LogP contribution in [0.15, 0.2) is 43.0 Å². The number of unbranched alkanes of at least 4 members (excludes halogenated alkanes) is 1. The lowest BCUT2D eigenvalue weighted by atomic mass is 10.1. The highest BCUT2D eigenvalue weighted by Crippen LogP contribution is 2.28. The third-order valence-corrected chi connectivity index (χ3v) is 5.42. The molecule has 5 nitrogen and oxygen atoms in total. The Morgan fingerprint density at radius 3 is 2.63 bits per heavy atom. The first kappa shape index (κ1) is 21.9. The summed E-state index contributed by atoms with van der Waals surface area (Å²) in [6.07, 6.45) is 5.14. The highest BCUT2D eigenvalue weighted by molar-refractivity contribution is 5.78. The van der Waals surface area contributed by atoms with Gasteiger partial charge in [-0.05, 0) is 74.1 Å². The summed E-state index contributed by atoms with van der Waals surface area (Å²) >= 11 is 0. The summed E-state index contributed by atoms with van der Waals surface area (Å²) < 4.78 is 13.7. The topological polar surface area (TPSA) is 56.5 Å². The van der Waals surface area contributed by atoms with Crippen molar-refractivity contribution < 1.29 is 14.6 Å². The van der Waals surface area contributed by atoms with E-state index >= 15 is 0 Å². The SMILES string of the molecule is C=CCc1ccc(OCCCCn2c(CCO)nc3cc(C)c(C)cc32)c(OC)c1. The number of benzene rings is 2. The number of imidazole rings is 1. The number of fused-ring (bicyclic) bond motifs is 1. The molecule has 0 bridgehead atoms. The average molecular weight is 409 g/mol. The zero-order chi connectivity index (χ0) is 21.5. The molecule has 0 spiro atoms. The number of hydrogen-bond donors (Lipinski definition) is 1. The molecule has 0 aliphatic carbocycles. The van der Waals surface area contributed by atoms with Crippen molar-refractivity contribution in [3.05, 3.63) is 65.5 Å². The van der Waals surface area contributed by atoms with Gasteiger partial charge in [-0.2, -0.15) is 0 Å². The van der Waals surface area contributed by atoms with Crippen molar-refractivity contribution >= 4 is 11.0 Å². The lowest BCUT2D eigenvalue weighted by Gasteiger charge is -2.13. The molecular formula is C25H32N2O3. The van der Waals surface area contributed by atoms with E-state index in [9.17, 15) is 5.11 Å². The zero-order valence-corrected chi connectivity index (χ0v) is 18.3. The van der Waals surface area contributed by atoms with Gasteiger partial charge in [-0.25, -0.2) is 4.98 Å². The van der Waals surface area contributed by atoms with Crippen LogP contribution in [-0.4, -0.2) is 35.0 Å². The maximum absolute atomic E-state index is 9.43. The summed E-state index contributed by atoms with van der Waals surface area (Å²) in [4.78, 5) is 4.74. The molecule has 3 aromatic rings. The van der Waals surface area contributed by atoms with E-state index in [0.717, 1.165) is 59.7 Å². The van der Waals surface area contributed by atoms with Crippen molar-refractivity contribution in [3.63, 3.8) is 0 Å². The average Bonchev–Trinajstić information content (AvgIpc) is 3.05. The van der Waals surface area contributed by atoms with Gasteiger partial charge in [-0.1, -0.05) is 12.1 Å². The number of ether oxygens (including phenoxy) is 2. The second kappa shape index (κ2) is 10.3. The number of methoxy groups -OCH3 is 1. The van der Waals surface area contributed by atoms with Crippen LogP contribution in [0.3, 0.4) is 0 Å². The number of allylic oxidation sites excluding steroid dienone is 1. The van der Waals surface area contributed by atoms with Crippen LogP contribution in [-0.2, 0) is 19.4 Å². The molecule has 0 aliphatic heterocycles. The highest BCUT2D eigenvalue weighted by atomic mass is 16.5. The Labute approximate surface area is 179 Å². The van der Waals surface area contributed by atoms with E-state index in [2.05, 4.69) is 37.1 Å². The highest BCUT2D eigenvalue weighted by Gasteiger charge is 2.12. The van der Waals surface area contributed by atoms with Crippen LogP contribution in [0.2, 0.25) is 0 Å². The molecule has 2 aromatic carbocycles. The predicted molar refractivity (Wildman–Crippen MR) is 122 cm³/mol. The molecule has 160 valence electrons. The van der Waals surface area contributed by atoms with Gasteiger partial charge in [0.05, 0.1) is 31.4 Å². The fourth-order valence-corrected chi connectivity index (χ4v) is 3.65. The maximum Gasteiger partial charge on any atom is 0.161 e. The lowest BCUT2D eigenvalue weighted by Crippen LogP contribution is -2.08. The second-order valence-corrected chi connectivity index (χ2v) is 7.61. The van der Waals surface area contributed by atoms with E-state index in [1.165, 1.54) is 11.1 Å². The molecule has 0 radical (unpaired) electrons. The number of aryl methyl sites for hydroxylation is 3. The lowest BCUT2D eigenvalue weighted by molar-refractivity contribution is 0.282. The molecule has 0 aliphatic rings. The maximum atomic E-state index is 9.43. The molecule has 3 rings (SSSR count). The van der Waals surface area contributed by atoms with E-state index in [0.29, 0.717) is 13.0 Å². The van der Waals surface area contributed by atoms with E-state index in [1.54, 1.807) is 7.11 Å². The van der Waals surface area contributed by atoms with Gasteiger partial charge in [0, 0.05) is 13.0 Å². The van der Waals surface area contributed by atoms with Crippen LogP contribution >= 0.6 is 0 Å². The number of nitrogens with zero attached hydrogens (tertiary/aromatic N) is 2. The predicted octanol–water partition coefficient (Wildman–Crippen LogP) is 4.78. The Hall–Kier alpha value is -2.79. The van der Waals surface area contributed by atoms with Crippen molar-refractivity contribution in [3.8, 4) is 11.5 Å². The number of hydrogen-bond acceptors (Lipinski definition) is 4. The van der Waals surface area contributed by atoms with Crippen LogP contribution in [0.5, 0.6) is 11.5 Å². The number of aromatic nitrogens is 2. The smallest absolute Gasteiger partial charge is 0.161 e. The van der Waals surface area contributed by atoms with E-state index < -0.39 is 0 Å². The molecule has 1 heterocycles. The summed E-state index contributed by atoms with van der Waals surface area (Å²) in [6.45, 7) is 9.59. The third-order valence-electron chi connectivity index (χ3n) is 5.42. The van der Waals surface area contributed by atoms with E-state index in [-0.39, 0.29) is 6.61 Å². The van der Waals surface area contributed by atoms with Gasteiger partial charge in [0.2, 0.25) is 0 Å². The Kier molecular flexibility index (Phi) is 7.52. The molecule has 0 saturated heterocycles. The molecule has 0 amide bonds. The number of aliphatic hydroxyl groups is 1. The fourth-order valence-electron chi connectivity index (χ4n) is 3.65. The minimum absolute atomic E-state index is 0.103. The van der Waals surface area contributed by atoms with Crippen molar-refractivity contribution in [2.75, 3.05) is 20.3 Å². The molecule has 5 heteroatoms. The summed E-state index contributed by atoms with van der Waals surface area (Å²) in [5.41, 5.74) is 5.80. The van der Waals surface area contributed by atoms with Crippen LogP contribution < -0.4 is 9.47 Å². The Bertz CT molecular complexity index is 1010. The summed E-state index contributed by atoms with van der Waals surface area (Å²) in [6, 6.07) is 10.3. The first-order valence-corrected chi connectivity index (χ1v) is 10.5. The normalized spacial score (nSPS) is 11.1. The molecule has 0 unspecified atom stereocenters. The van der Waals surface area contributed by atoms with Crippen molar-refractivity contribution in [1.82, 2.24) is 9.55 Å². The Balaban J connectivity index is 1.62. The minimum Gasteiger partial charge on any atom is -0.493 e. The standard InChI is InChI=1S/C25H32N2O3/c1-5-8-20-9-10-23(24(17-20)29-4)30-14-7-6-12-27-22-16-19(3)18(2)15-21(22)26-25(27)11-13-28/h5,9-10,15-17,28H,1,6-8,11-14H2,2-4H3. The van der Waals surface area contributed by atoms with E-state index in [4.69, 9.17) is 14.5 Å². The fraction of sp³-hybridized carbons (Fsp3) is 0.400. The van der Waals surface area contributed by atoms with Crippen LogP contribution in [0.1, 0.15) is 35.4 Å². The third kappa shape index (κ3) is 5.03. The zero-order valence-electron chi connectivity index (χ0n) is 18.3. The van der Waals surface area contributed by atoms with Crippen molar-refractivity contribution in [2.24, 2.45) is 0 Å². The quantitative estimate of drug-likeness (QED) is 0.366. The number of rotatable bonds is 11. The molecule has 1 N–H and O–H groups in total. The minimum atomic E-state index is 0.103. The summed E-state index contributed by atoms with van der Waals surface area (Å²) in [5.74, 6) is 2.47. The largest absolute Gasteiger partial charge is 0.493 e. The van der Waals surface area contributed by atoms with Gasteiger partial charge in [0.25, 0.3) is 0 Å². The number of aliphatic hydroxyl groups excluding tert-OH is 1. The molecule has 0 atom stereocenters. The first-order chi connectivity index (χ1) is 14.6. The van der Waals surface area contributed by atoms with Gasteiger partial charge in [-0.15, -0.1) is 6.58 Å². The van der Waals surface area contributed by atoms with Crippen LogP contribution in [0.25, 0.3) is 11.0 Å². The first-order valence-electron chi connectivity index (χ1n) is 10.5. The summed E-state index contributed by atoms with van der Waals surface area (Å²) in [5, 5.41) is 9.43. The van der Waals surface area contributed by atoms with Gasteiger partial charge >= 0.3 is 0 Å². The molecule has 1 aromatic heterocycles. The van der Waals surface area contributed by atoms with Gasteiger partial charge < -0.3 is 19.1 Å². The Morgan fingerprint density at radius 1 is 1.10 bits per heavy atom. The molecule has 0 saturated carbocycles.